The molecule has 0 bridgehead atoms. The number of hydrogen-bond donors (Lipinski definition) is 1. The van der Waals surface area contributed by atoms with Crippen molar-refractivity contribution in [2.45, 2.75) is 0 Å². The van der Waals surface area contributed by atoms with E-state index in [4.69, 9.17) is 14.2 Å². The van der Waals surface area contributed by atoms with Crippen LogP contribution in [0.25, 0.3) is 0 Å². The molecule has 26 heavy (non-hydrogen) atoms. The quantitative estimate of drug-likeness (QED) is 0.774. The van der Waals surface area contributed by atoms with Gasteiger partial charge in [-0.15, -0.1) is 0 Å². The number of aromatic nitrogens is 1. The third-order valence-corrected chi connectivity index (χ3v) is 3.76. The molecule has 1 N–H and O–H groups in total. The van der Waals surface area contributed by atoms with Crippen molar-refractivity contribution in [3.05, 3.63) is 72.4 Å². The van der Waals surface area contributed by atoms with Crippen molar-refractivity contribution in [1.29, 1.82) is 0 Å². The second kappa shape index (κ2) is 7.14. The van der Waals surface area contributed by atoms with Gasteiger partial charge in [0.25, 0.3) is 5.91 Å². The summed E-state index contributed by atoms with van der Waals surface area (Å²) >= 11 is 0. The molecule has 0 saturated carbocycles. The van der Waals surface area contributed by atoms with Crippen molar-refractivity contribution in [2.24, 2.45) is 0 Å². The third kappa shape index (κ3) is 3.59. The Labute approximate surface area is 150 Å². The Morgan fingerprint density at radius 2 is 1.85 bits per heavy atom. The van der Waals surface area contributed by atoms with Crippen LogP contribution in [0.5, 0.6) is 23.1 Å². The van der Waals surface area contributed by atoms with Gasteiger partial charge >= 0.3 is 0 Å². The summed E-state index contributed by atoms with van der Waals surface area (Å²) in [6.07, 6.45) is 1.65. The summed E-state index contributed by atoms with van der Waals surface area (Å²) in [7, 11) is 0. The van der Waals surface area contributed by atoms with E-state index in [1.165, 1.54) is 0 Å². The summed E-state index contributed by atoms with van der Waals surface area (Å²) in [5.41, 5.74) is 1.11. The van der Waals surface area contributed by atoms with Gasteiger partial charge in [-0.1, -0.05) is 12.1 Å². The SMILES string of the molecule is O=C(Nc1ccc2c(c1)OCCO2)c1cccc(Oc2ccccn2)c1. The Bertz CT molecular complexity index is 928. The Balaban J connectivity index is 1.49. The lowest BCUT2D eigenvalue weighted by Gasteiger charge is -2.19. The summed E-state index contributed by atoms with van der Waals surface area (Å²) in [5, 5.41) is 2.85. The lowest BCUT2D eigenvalue weighted by atomic mass is 10.2. The van der Waals surface area contributed by atoms with E-state index in [0.717, 1.165) is 0 Å². The van der Waals surface area contributed by atoms with Gasteiger partial charge in [0.1, 0.15) is 19.0 Å². The smallest absolute Gasteiger partial charge is 0.255 e. The van der Waals surface area contributed by atoms with Crippen molar-refractivity contribution < 1.29 is 19.0 Å². The summed E-state index contributed by atoms with van der Waals surface area (Å²) in [4.78, 5) is 16.6. The minimum atomic E-state index is -0.242. The molecule has 130 valence electrons. The van der Waals surface area contributed by atoms with Gasteiger partial charge in [-0.05, 0) is 36.4 Å². The molecule has 6 heteroatoms. The number of rotatable bonds is 4. The van der Waals surface area contributed by atoms with Crippen LogP contribution in [0.4, 0.5) is 5.69 Å². The van der Waals surface area contributed by atoms with Gasteiger partial charge in [-0.25, -0.2) is 4.98 Å². The van der Waals surface area contributed by atoms with Crippen molar-refractivity contribution in [3.8, 4) is 23.1 Å². The van der Waals surface area contributed by atoms with E-state index in [1.807, 2.05) is 12.1 Å². The largest absolute Gasteiger partial charge is 0.486 e. The first-order chi connectivity index (χ1) is 12.8. The summed E-state index contributed by atoms with van der Waals surface area (Å²) in [6.45, 7) is 1.03. The topological polar surface area (TPSA) is 69.7 Å². The third-order valence-electron chi connectivity index (χ3n) is 3.76. The highest BCUT2D eigenvalue weighted by molar-refractivity contribution is 6.04. The van der Waals surface area contributed by atoms with Crippen LogP contribution < -0.4 is 19.5 Å². The first kappa shape index (κ1) is 16.0. The number of pyridine rings is 1. The molecule has 1 aliphatic rings. The predicted octanol–water partition coefficient (Wildman–Crippen LogP) is 3.90. The second-order valence-electron chi connectivity index (χ2n) is 5.61. The zero-order valence-electron chi connectivity index (χ0n) is 13.8. The molecule has 1 aromatic heterocycles. The first-order valence-corrected chi connectivity index (χ1v) is 8.18. The molecule has 0 fully saturated rings. The normalized spacial score (nSPS) is 12.3. The maximum Gasteiger partial charge on any atom is 0.255 e. The zero-order valence-corrected chi connectivity index (χ0v) is 13.8. The summed E-state index contributed by atoms with van der Waals surface area (Å²) in [6, 6.07) is 17.6. The van der Waals surface area contributed by atoms with Crippen LogP contribution >= 0.6 is 0 Å². The lowest BCUT2D eigenvalue weighted by Crippen LogP contribution is -2.16. The lowest BCUT2D eigenvalue weighted by molar-refractivity contribution is 0.102. The molecule has 0 spiro atoms. The van der Waals surface area contributed by atoms with Crippen molar-refractivity contribution in [1.82, 2.24) is 4.98 Å². The van der Waals surface area contributed by atoms with E-state index in [9.17, 15) is 4.79 Å². The van der Waals surface area contributed by atoms with E-state index in [-0.39, 0.29) is 5.91 Å². The number of amides is 1. The van der Waals surface area contributed by atoms with Crippen LogP contribution in [0.3, 0.4) is 0 Å². The predicted molar refractivity (Wildman–Crippen MR) is 96.1 cm³/mol. The molecule has 2 heterocycles. The van der Waals surface area contributed by atoms with Gasteiger partial charge in [0.15, 0.2) is 11.5 Å². The molecule has 1 aliphatic heterocycles. The number of ether oxygens (including phenoxy) is 3. The number of carbonyl (C=O) groups excluding carboxylic acids is 1. The maximum atomic E-state index is 12.5. The summed E-state index contributed by atoms with van der Waals surface area (Å²) < 4.78 is 16.7. The molecule has 0 saturated heterocycles. The highest BCUT2D eigenvalue weighted by Gasteiger charge is 2.14. The highest BCUT2D eigenvalue weighted by atomic mass is 16.6. The van der Waals surface area contributed by atoms with Crippen molar-refractivity contribution in [2.75, 3.05) is 18.5 Å². The molecule has 4 rings (SSSR count). The van der Waals surface area contributed by atoms with Crippen LogP contribution in [0.1, 0.15) is 10.4 Å². The fourth-order valence-corrected chi connectivity index (χ4v) is 2.55. The second-order valence-corrected chi connectivity index (χ2v) is 5.61. The van der Waals surface area contributed by atoms with Crippen LogP contribution in [-0.4, -0.2) is 24.1 Å². The van der Waals surface area contributed by atoms with Gasteiger partial charge in [0, 0.05) is 29.6 Å². The van der Waals surface area contributed by atoms with E-state index in [1.54, 1.807) is 54.7 Å². The number of nitrogens with zero attached hydrogens (tertiary/aromatic N) is 1. The van der Waals surface area contributed by atoms with Gasteiger partial charge in [-0.3, -0.25) is 4.79 Å². The standard InChI is InChI=1S/C20H16N2O4/c23-20(22-15-7-8-17-18(13-15)25-11-10-24-17)14-4-3-5-16(12-14)26-19-6-1-2-9-21-19/h1-9,12-13H,10-11H2,(H,22,23). The fourth-order valence-electron chi connectivity index (χ4n) is 2.55. The van der Waals surface area contributed by atoms with Crippen LogP contribution in [0, 0.1) is 0 Å². The Kier molecular flexibility index (Phi) is 4.38. The van der Waals surface area contributed by atoms with Crippen molar-refractivity contribution in [3.63, 3.8) is 0 Å². The minimum absolute atomic E-state index is 0.242. The Morgan fingerprint density at radius 1 is 0.962 bits per heavy atom. The van der Waals surface area contributed by atoms with Crippen LogP contribution in [0.15, 0.2) is 66.9 Å². The zero-order chi connectivity index (χ0) is 17.8. The average Bonchev–Trinajstić information content (AvgIpc) is 2.69. The molecule has 6 nitrogen and oxygen atoms in total. The molecule has 0 radical (unpaired) electrons. The molecular weight excluding hydrogens is 332 g/mol. The van der Waals surface area contributed by atoms with Crippen molar-refractivity contribution >= 4 is 11.6 Å². The maximum absolute atomic E-state index is 12.5. The number of anilines is 1. The molecule has 2 aromatic carbocycles. The Hall–Kier alpha value is -3.54. The number of hydrogen-bond acceptors (Lipinski definition) is 5. The van der Waals surface area contributed by atoms with Gasteiger partial charge in [-0.2, -0.15) is 0 Å². The molecule has 0 unspecified atom stereocenters. The van der Waals surface area contributed by atoms with Gasteiger partial charge in [0.2, 0.25) is 5.88 Å². The fraction of sp³-hybridized carbons (Fsp3) is 0.100. The van der Waals surface area contributed by atoms with Crippen LogP contribution in [-0.2, 0) is 0 Å². The van der Waals surface area contributed by atoms with E-state index >= 15 is 0 Å². The number of fused-ring (bicyclic) bond motifs is 1. The molecule has 1 amide bonds. The van der Waals surface area contributed by atoms with E-state index in [0.29, 0.717) is 47.6 Å². The average molecular weight is 348 g/mol. The number of nitrogens with one attached hydrogen (secondary N) is 1. The Morgan fingerprint density at radius 3 is 2.69 bits per heavy atom. The summed E-state index contributed by atoms with van der Waals surface area (Å²) in [5.74, 6) is 2.07. The first-order valence-electron chi connectivity index (χ1n) is 8.18. The van der Waals surface area contributed by atoms with Crippen LogP contribution in [0.2, 0.25) is 0 Å². The molecule has 0 atom stereocenters. The number of carbonyl (C=O) groups is 1. The number of benzene rings is 2. The minimum Gasteiger partial charge on any atom is -0.486 e. The van der Waals surface area contributed by atoms with E-state index in [2.05, 4.69) is 10.3 Å². The highest BCUT2D eigenvalue weighted by Crippen LogP contribution is 2.32. The van der Waals surface area contributed by atoms with Gasteiger partial charge < -0.3 is 19.5 Å². The van der Waals surface area contributed by atoms with E-state index < -0.39 is 0 Å². The monoisotopic (exact) mass is 348 g/mol. The molecule has 0 aliphatic carbocycles. The van der Waals surface area contributed by atoms with Gasteiger partial charge in [0.05, 0.1) is 0 Å². The molecule has 3 aromatic rings. The molecular formula is C20H16N2O4.